The van der Waals surface area contributed by atoms with Crippen molar-refractivity contribution < 1.29 is 14.6 Å². The highest BCUT2D eigenvalue weighted by Gasteiger charge is 2.16. The summed E-state index contributed by atoms with van der Waals surface area (Å²) in [6.07, 6.45) is 9.83. The highest BCUT2D eigenvalue weighted by molar-refractivity contribution is 6.32. The van der Waals surface area contributed by atoms with Crippen LogP contribution in [-0.2, 0) is 17.9 Å². The van der Waals surface area contributed by atoms with Gasteiger partial charge in [-0.05, 0) is 55.2 Å². The Morgan fingerprint density at radius 3 is 2.68 bits per heavy atom. The fourth-order valence-electron chi connectivity index (χ4n) is 3.81. The standard InChI is InChI=1S/C25H25Cl2N5O5/c1-2-11-31-24(35)30-23(32(25(31)36)14-15-3-6-17(26)7-4-15)29-18-8-9-20(19(27)12-18)37-21-10-5-16(13-28-21)22(33)34/h3,5-10,12,15,28H,2,4,11,13-14H2,1H3,(H,33,34)(H,29,30,35). The van der Waals surface area contributed by atoms with Crippen LogP contribution in [0.1, 0.15) is 19.8 Å². The Balaban J connectivity index is 1.67. The van der Waals surface area contributed by atoms with Crippen molar-refractivity contribution in [2.24, 2.45) is 10.9 Å². The summed E-state index contributed by atoms with van der Waals surface area (Å²) in [5, 5.41) is 12.8. The van der Waals surface area contributed by atoms with Gasteiger partial charge < -0.3 is 15.2 Å². The molecule has 4 rings (SSSR count). The summed E-state index contributed by atoms with van der Waals surface area (Å²) in [6, 6.07) is 4.77. The normalized spacial score (nSPS) is 17.5. The molecule has 194 valence electrons. The van der Waals surface area contributed by atoms with Crippen molar-refractivity contribution in [1.82, 2.24) is 19.4 Å². The zero-order valence-corrected chi connectivity index (χ0v) is 21.4. The van der Waals surface area contributed by atoms with Gasteiger partial charge in [0.25, 0.3) is 0 Å². The topological polar surface area (TPSA) is 131 Å². The molecule has 1 aliphatic carbocycles. The molecule has 10 nitrogen and oxygen atoms in total. The molecule has 37 heavy (non-hydrogen) atoms. The number of nitrogens with zero attached hydrogens (tertiary/aromatic N) is 3. The highest BCUT2D eigenvalue weighted by atomic mass is 35.5. The summed E-state index contributed by atoms with van der Waals surface area (Å²) in [7, 11) is 0. The summed E-state index contributed by atoms with van der Waals surface area (Å²) >= 11 is 12.4. The van der Waals surface area contributed by atoms with Gasteiger partial charge in [-0.15, -0.1) is 0 Å². The molecule has 0 fully saturated rings. The second kappa shape index (κ2) is 11.5. The molecule has 1 aromatic heterocycles. The second-order valence-electron chi connectivity index (χ2n) is 8.45. The van der Waals surface area contributed by atoms with Gasteiger partial charge in [0.05, 0.1) is 22.8 Å². The van der Waals surface area contributed by atoms with Crippen LogP contribution in [0.2, 0.25) is 5.02 Å². The number of rotatable bonds is 8. The number of dihydropyridines is 1. The molecule has 3 N–H and O–H groups in total. The SMILES string of the molecule is CCCn1c(=O)[nH]/c(=N\c2ccc(OC3=CC=C(C(=O)O)CN3)c(Cl)c2)n(CC2C=CC(Cl)=CC2)c1=O. The molecule has 0 bridgehead atoms. The van der Waals surface area contributed by atoms with E-state index in [9.17, 15) is 14.4 Å². The lowest BCUT2D eigenvalue weighted by Gasteiger charge is -2.17. The molecular formula is C25H25Cl2N5O5. The zero-order valence-electron chi connectivity index (χ0n) is 19.9. The Bertz CT molecular complexity index is 1530. The number of aromatic nitrogens is 3. The minimum Gasteiger partial charge on any atom is -0.478 e. The minimum absolute atomic E-state index is 0.00135. The van der Waals surface area contributed by atoms with E-state index in [1.807, 2.05) is 19.1 Å². The summed E-state index contributed by atoms with van der Waals surface area (Å²) < 4.78 is 8.34. The quantitative estimate of drug-likeness (QED) is 0.467. The third-order valence-electron chi connectivity index (χ3n) is 5.72. The van der Waals surface area contributed by atoms with E-state index in [4.69, 9.17) is 33.0 Å². The van der Waals surface area contributed by atoms with Gasteiger partial charge in [-0.2, -0.15) is 0 Å². The maximum absolute atomic E-state index is 13.2. The third-order valence-corrected chi connectivity index (χ3v) is 6.30. The number of hydrogen-bond acceptors (Lipinski definition) is 6. The number of halogens is 2. The molecule has 0 amide bonds. The van der Waals surface area contributed by atoms with Crippen LogP contribution in [0.5, 0.6) is 5.75 Å². The molecule has 12 heteroatoms. The van der Waals surface area contributed by atoms with Gasteiger partial charge in [0.2, 0.25) is 5.62 Å². The summed E-state index contributed by atoms with van der Waals surface area (Å²) in [6.45, 7) is 2.58. The number of carboxylic acid groups (broad SMARTS) is 1. The highest BCUT2D eigenvalue weighted by Crippen LogP contribution is 2.30. The van der Waals surface area contributed by atoms with Crippen molar-refractivity contribution in [2.45, 2.75) is 32.9 Å². The molecule has 1 aliphatic heterocycles. The summed E-state index contributed by atoms with van der Waals surface area (Å²) in [5.41, 5.74) is -0.287. The average molecular weight is 546 g/mol. The molecular weight excluding hydrogens is 521 g/mol. The fourth-order valence-corrected chi connectivity index (χ4v) is 4.19. The van der Waals surface area contributed by atoms with Gasteiger partial charge in [0, 0.05) is 18.1 Å². The summed E-state index contributed by atoms with van der Waals surface area (Å²) in [4.78, 5) is 44.1. The Hall–Kier alpha value is -3.76. The monoisotopic (exact) mass is 545 g/mol. The number of H-pyrrole nitrogens is 1. The third kappa shape index (κ3) is 6.33. The van der Waals surface area contributed by atoms with E-state index in [0.717, 1.165) is 4.57 Å². The summed E-state index contributed by atoms with van der Waals surface area (Å²) in [5.74, 6) is -0.346. The van der Waals surface area contributed by atoms with Crippen molar-refractivity contribution in [3.05, 3.63) is 96.7 Å². The van der Waals surface area contributed by atoms with Crippen molar-refractivity contribution in [2.75, 3.05) is 6.54 Å². The number of hydrogen-bond donors (Lipinski definition) is 3. The van der Waals surface area contributed by atoms with Crippen LogP contribution in [0, 0.1) is 5.92 Å². The van der Waals surface area contributed by atoms with Crippen molar-refractivity contribution in [3.63, 3.8) is 0 Å². The molecule has 0 saturated carbocycles. The van der Waals surface area contributed by atoms with E-state index in [-0.39, 0.29) is 35.2 Å². The predicted molar refractivity (Wildman–Crippen MR) is 140 cm³/mol. The molecule has 2 aromatic rings. The lowest BCUT2D eigenvalue weighted by atomic mass is 10.0. The minimum atomic E-state index is -1.01. The number of carboxylic acids is 1. The maximum Gasteiger partial charge on any atom is 0.334 e. The molecule has 0 spiro atoms. The van der Waals surface area contributed by atoms with Gasteiger partial charge in [-0.1, -0.05) is 42.3 Å². The average Bonchev–Trinajstić information content (AvgIpc) is 2.87. The van der Waals surface area contributed by atoms with E-state index in [2.05, 4.69) is 15.3 Å². The first kappa shape index (κ1) is 26.3. The second-order valence-corrected chi connectivity index (χ2v) is 9.30. The molecule has 1 unspecified atom stereocenters. The Kier molecular flexibility index (Phi) is 8.20. The Morgan fingerprint density at radius 1 is 1.24 bits per heavy atom. The molecule has 2 heterocycles. The van der Waals surface area contributed by atoms with Crippen LogP contribution < -0.4 is 27.1 Å². The van der Waals surface area contributed by atoms with Crippen LogP contribution in [-0.4, -0.2) is 31.7 Å². The van der Waals surface area contributed by atoms with E-state index in [0.29, 0.717) is 41.7 Å². The number of benzene rings is 1. The first-order valence-electron chi connectivity index (χ1n) is 11.6. The number of allylic oxidation sites excluding steroid dienone is 6. The van der Waals surface area contributed by atoms with Gasteiger partial charge in [-0.25, -0.2) is 23.9 Å². The molecule has 1 aromatic carbocycles. The van der Waals surface area contributed by atoms with Crippen LogP contribution in [0.15, 0.2) is 79.6 Å². The molecule has 0 radical (unpaired) electrons. The zero-order chi connectivity index (χ0) is 26.5. The first-order valence-corrected chi connectivity index (χ1v) is 12.4. The lowest BCUT2D eigenvalue weighted by Crippen LogP contribution is -2.50. The predicted octanol–water partition coefficient (Wildman–Crippen LogP) is 3.17. The van der Waals surface area contributed by atoms with Crippen LogP contribution in [0.4, 0.5) is 5.69 Å². The van der Waals surface area contributed by atoms with Crippen molar-refractivity contribution in [1.29, 1.82) is 0 Å². The number of nitrogens with one attached hydrogen (secondary N) is 2. The van der Waals surface area contributed by atoms with Gasteiger partial charge in [0.15, 0.2) is 5.88 Å². The van der Waals surface area contributed by atoms with Crippen LogP contribution in [0.3, 0.4) is 0 Å². The Morgan fingerprint density at radius 2 is 2.05 bits per heavy atom. The van der Waals surface area contributed by atoms with E-state index >= 15 is 0 Å². The molecule has 2 aliphatic rings. The smallest absolute Gasteiger partial charge is 0.334 e. The van der Waals surface area contributed by atoms with Crippen LogP contribution >= 0.6 is 23.2 Å². The molecule has 1 atom stereocenters. The van der Waals surface area contributed by atoms with Gasteiger partial charge in [-0.3, -0.25) is 9.55 Å². The first-order chi connectivity index (χ1) is 17.7. The number of carbonyl (C=O) groups is 1. The van der Waals surface area contributed by atoms with E-state index < -0.39 is 17.3 Å². The van der Waals surface area contributed by atoms with Gasteiger partial charge >= 0.3 is 17.3 Å². The van der Waals surface area contributed by atoms with Crippen molar-refractivity contribution in [3.8, 4) is 5.75 Å². The number of aliphatic carboxylic acids is 1. The van der Waals surface area contributed by atoms with Gasteiger partial charge in [0.1, 0.15) is 5.75 Å². The molecule has 0 saturated heterocycles. The lowest BCUT2D eigenvalue weighted by molar-refractivity contribution is -0.132. The van der Waals surface area contributed by atoms with E-state index in [1.165, 1.54) is 16.7 Å². The van der Waals surface area contributed by atoms with Crippen molar-refractivity contribution >= 4 is 34.9 Å². The fraction of sp³-hybridized carbons (Fsp3) is 0.280. The largest absolute Gasteiger partial charge is 0.478 e. The number of aromatic amines is 1. The Labute approximate surface area is 221 Å². The van der Waals surface area contributed by atoms with Crippen LogP contribution in [0.25, 0.3) is 0 Å². The number of ether oxygens (including phenoxy) is 1. The van der Waals surface area contributed by atoms with E-state index in [1.54, 1.807) is 24.3 Å². The maximum atomic E-state index is 13.2.